The van der Waals surface area contributed by atoms with Gasteiger partial charge in [-0.1, -0.05) is 47.5 Å². The number of hydrogen-bond acceptors (Lipinski definition) is 4. The summed E-state index contributed by atoms with van der Waals surface area (Å²) >= 11 is 27.5. The second-order valence-electron chi connectivity index (χ2n) is 6.33. The lowest BCUT2D eigenvalue weighted by Crippen LogP contribution is -2.53. The largest absolute Gasteiger partial charge is 0.496 e. The summed E-state index contributed by atoms with van der Waals surface area (Å²) in [6.07, 6.45) is 0. The van der Waals surface area contributed by atoms with E-state index in [4.69, 9.17) is 65.4 Å². The smallest absolute Gasteiger partial charge is 0.226 e. The van der Waals surface area contributed by atoms with Crippen molar-refractivity contribution in [2.75, 3.05) is 28.4 Å². The summed E-state index contributed by atoms with van der Waals surface area (Å²) in [4.78, 5) is -3.04. The third-order valence-electron chi connectivity index (χ3n) is 5.50. The van der Waals surface area contributed by atoms with Crippen LogP contribution in [0.2, 0.25) is 0 Å². The summed E-state index contributed by atoms with van der Waals surface area (Å²) in [6, 6.07) is 7.60. The van der Waals surface area contributed by atoms with Crippen LogP contribution in [0.1, 0.15) is 11.1 Å². The fourth-order valence-electron chi connectivity index (χ4n) is 4.48. The lowest BCUT2D eigenvalue weighted by molar-refractivity contribution is -0.228. The SMILES string of the molecule is COc1c2c(c(OC)c3ccccc13)[C@]1(Cl)C(Cl)=C(Cl)[C@]2(Cl)C1(OC)OC. The first-order chi connectivity index (χ1) is 12.8. The number of rotatable bonds is 4. The van der Waals surface area contributed by atoms with Gasteiger partial charge in [-0.2, -0.15) is 0 Å². The first kappa shape index (κ1) is 19.4. The van der Waals surface area contributed by atoms with Crippen molar-refractivity contribution in [3.05, 3.63) is 45.5 Å². The Balaban J connectivity index is 2.31. The van der Waals surface area contributed by atoms with Crippen LogP contribution in [0.15, 0.2) is 34.3 Å². The van der Waals surface area contributed by atoms with Gasteiger partial charge in [-0.05, 0) is 0 Å². The monoisotopic (exact) mass is 448 g/mol. The molecule has 144 valence electrons. The minimum atomic E-state index is -1.60. The zero-order chi connectivity index (χ0) is 19.8. The first-order valence-electron chi connectivity index (χ1n) is 8.03. The van der Waals surface area contributed by atoms with Crippen LogP contribution in [0.25, 0.3) is 10.8 Å². The summed E-state index contributed by atoms with van der Waals surface area (Å²) in [6.45, 7) is 0. The quantitative estimate of drug-likeness (QED) is 0.460. The Labute approximate surface area is 176 Å². The molecule has 0 amide bonds. The zero-order valence-electron chi connectivity index (χ0n) is 15.0. The maximum atomic E-state index is 7.15. The highest BCUT2D eigenvalue weighted by atomic mass is 35.5. The molecule has 0 saturated heterocycles. The van der Waals surface area contributed by atoms with Gasteiger partial charge in [0.25, 0.3) is 0 Å². The van der Waals surface area contributed by atoms with E-state index in [-0.39, 0.29) is 10.1 Å². The molecule has 0 N–H and O–H groups in total. The van der Waals surface area contributed by atoms with E-state index in [2.05, 4.69) is 0 Å². The van der Waals surface area contributed by atoms with Gasteiger partial charge in [-0.15, -0.1) is 23.2 Å². The minimum Gasteiger partial charge on any atom is -0.496 e. The normalized spacial score (nSPS) is 28.0. The van der Waals surface area contributed by atoms with Crippen LogP contribution in [0, 0.1) is 0 Å². The molecule has 0 aromatic heterocycles. The number of ether oxygens (including phenoxy) is 4. The van der Waals surface area contributed by atoms with Crippen molar-refractivity contribution >= 4 is 57.2 Å². The molecule has 2 bridgehead atoms. The molecule has 8 heteroatoms. The number of alkyl halides is 2. The van der Waals surface area contributed by atoms with Crippen LogP contribution in [-0.2, 0) is 19.2 Å². The topological polar surface area (TPSA) is 36.9 Å². The molecule has 0 fully saturated rings. The van der Waals surface area contributed by atoms with Gasteiger partial charge in [0.2, 0.25) is 5.79 Å². The second-order valence-corrected chi connectivity index (χ2v) is 8.22. The van der Waals surface area contributed by atoms with E-state index in [1.807, 2.05) is 24.3 Å². The molecule has 4 rings (SSSR count). The fraction of sp³-hybridized carbons (Fsp3) is 0.368. The van der Waals surface area contributed by atoms with E-state index < -0.39 is 15.5 Å². The van der Waals surface area contributed by atoms with Crippen LogP contribution < -0.4 is 9.47 Å². The Morgan fingerprint density at radius 3 is 1.37 bits per heavy atom. The van der Waals surface area contributed by atoms with Crippen molar-refractivity contribution in [1.82, 2.24) is 0 Å². The first-order valence-corrected chi connectivity index (χ1v) is 9.54. The van der Waals surface area contributed by atoms with Crippen molar-refractivity contribution in [3.63, 3.8) is 0 Å². The van der Waals surface area contributed by atoms with Gasteiger partial charge in [-0.3, -0.25) is 0 Å². The molecule has 0 unspecified atom stereocenters. The molecular weight excluding hydrogens is 434 g/mol. The van der Waals surface area contributed by atoms with Crippen LogP contribution >= 0.6 is 46.4 Å². The summed E-state index contributed by atoms with van der Waals surface area (Å²) in [5.41, 5.74) is 1.05. The van der Waals surface area contributed by atoms with Gasteiger partial charge in [0, 0.05) is 36.1 Å². The molecule has 0 saturated carbocycles. The highest BCUT2D eigenvalue weighted by Crippen LogP contribution is 2.78. The Morgan fingerprint density at radius 1 is 0.704 bits per heavy atom. The average Bonchev–Trinajstić information content (AvgIpc) is 2.95. The molecular formula is C19H16Cl4O4. The van der Waals surface area contributed by atoms with E-state index in [0.717, 1.165) is 10.8 Å². The van der Waals surface area contributed by atoms with Gasteiger partial charge in [0.05, 0.1) is 24.3 Å². The Kier molecular flexibility index (Phi) is 4.36. The standard InChI is InChI=1S/C19H16Cl4O4/c1-24-13-9-7-5-6-8-10(9)14(25-2)12-11(13)17(22)15(20)16(21)18(12,23)19(17,26-3)27-4/h5-8H,1-4H3/t17-,18-/m0/s1. The minimum absolute atomic E-state index is 0.132. The van der Waals surface area contributed by atoms with Crippen molar-refractivity contribution in [3.8, 4) is 11.5 Å². The Hall–Kier alpha value is -0.880. The molecule has 0 radical (unpaired) electrons. The van der Waals surface area contributed by atoms with Crippen molar-refractivity contribution in [2.45, 2.75) is 15.5 Å². The lowest BCUT2D eigenvalue weighted by atomic mass is 9.89. The van der Waals surface area contributed by atoms with Crippen LogP contribution in [0.4, 0.5) is 0 Å². The Morgan fingerprint density at radius 2 is 1.07 bits per heavy atom. The maximum Gasteiger partial charge on any atom is 0.226 e. The highest BCUT2D eigenvalue weighted by Gasteiger charge is 2.81. The molecule has 0 aliphatic heterocycles. The van der Waals surface area contributed by atoms with E-state index in [1.165, 1.54) is 14.2 Å². The molecule has 0 spiro atoms. The predicted octanol–water partition coefficient (Wildman–Crippen LogP) is 5.43. The number of methoxy groups -OCH3 is 4. The summed E-state index contributed by atoms with van der Waals surface area (Å²) in [5.74, 6) is -0.572. The van der Waals surface area contributed by atoms with Gasteiger partial charge >= 0.3 is 0 Å². The van der Waals surface area contributed by atoms with Crippen LogP contribution in [-0.4, -0.2) is 34.2 Å². The average molecular weight is 450 g/mol. The number of benzene rings is 2. The van der Waals surface area contributed by atoms with Crippen molar-refractivity contribution < 1.29 is 18.9 Å². The van der Waals surface area contributed by atoms with Gasteiger partial charge in [-0.25, -0.2) is 0 Å². The Bertz CT molecular complexity index is 926. The number of halogens is 4. The zero-order valence-corrected chi connectivity index (χ0v) is 18.0. The molecule has 2 aliphatic carbocycles. The van der Waals surface area contributed by atoms with Crippen LogP contribution in [0.3, 0.4) is 0 Å². The maximum absolute atomic E-state index is 7.15. The molecule has 2 aromatic carbocycles. The summed E-state index contributed by atoms with van der Waals surface area (Å²) in [7, 11) is 6.01. The van der Waals surface area contributed by atoms with E-state index >= 15 is 0 Å². The van der Waals surface area contributed by atoms with E-state index in [0.29, 0.717) is 22.6 Å². The molecule has 2 atom stereocenters. The number of hydrogen-bond donors (Lipinski definition) is 0. The molecule has 0 heterocycles. The lowest BCUT2D eigenvalue weighted by Gasteiger charge is -2.40. The van der Waals surface area contributed by atoms with E-state index in [9.17, 15) is 0 Å². The van der Waals surface area contributed by atoms with Crippen LogP contribution in [0.5, 0.6) is 11.5 Å². The summed E-state index contributed by atoms with van der Waals surface area (Å²) in [5, 5.41) is 1.86. The predicted molar refractivity (Wildman–Crippen MR) is 108 cm³/mol. The summed E-state index contributed by atoms with van der Waals surface area (Å²) < 4.78 is 23.1. The molecule has 27 heavy (non-hydrogen) atoms. The highest BCUT2D eigenvalue weighted by molar-refractivity contribution is 6.52. The van der Waals surface area contributed by atoms with Crippen molar-refractivity contribution in [1.29, 1.82) is 0 Å². The third kappa shape index (κ3) is 1.81. The fourth-order valence-corrected chi connectivity index (χ4v) is 6.49. The third-order valence-corrected chi connectivity index (χ3v) is 7.99. The second kappa shape index (κ2) is 6.06. The molecule has 2 aromatic rings. The van der Waals surface area contributed by atoms with Crippen molar-refractivity contribution in [2.24, 2.45) is 0 Å². The van der Waals surface area contributed by atoms with Gasteiger partial charge in [0.15, 0.2) is 9.75 Å². The van der Waals surface area contributed by atoms with Gasteiger partial charge in [0.1, 0.15) is 11.5 Å². The molecule has 4 nitrogen and oxygen atoms in total. The van der Waals surface area contributed by atoms with Gasteiger partial charge < -0.3 is 18.9 Å². The molecule has 2 aliphatic rings. The van der Waals surface area contributed by atoms with E-state index in [1.54, 1.807) is 14.2 Å². The number of fused-ring (bicyclic) bond motifs is 6.